The molecule has 0 saturated heterocycles. The van der Waals surface area contributed by atoms with Crippen molar-refractivity contribution in [1.82, 2.24) is 14.9 Å². The Hall–Kier alpha value is -2.60. The fraction of sp³-hybridized carbons (Fsp3) is 0.455. The van der Waals surface area contributed by atoms with Gasteiger partial charge in [-0.1, -0.05) is 36.4 Å². The normalized spacial score (nSPS) is 16.7. The largest absolute Gasteiger partial charge is 0.444 e. The Bertz CT molecular complexity index is 806. The number of rotatable bonds is 7. The maximum atomic E-state index is 12.0. The van der Waals surface area contributed by atoms with Crippen LogP contribution >= 0.6 is 0 Å². The molecule has 1 aliphatic rings. The number of aromatic nitrogens is 2. The molecule has 1 aromatic heterocycles. The van der Waals surface area contributed by atoms with Crippen LogP contribution in [0.25, 0.3) is 5.57 Å². The Morgan fingerprint density at radius 2 is 2.07 bits per heavy atom. The minimum Gasteiger partial charge on any atom is -0.444 e. The molecule has 1 unspecified atom stereocenters. The Kier molecular flexibility index (Phi) is 6.52. The van der Waals surface area contributed by atoms with E-state index in [1.165, 1.54) is 11.1 Å². The zero-order valence-corrected chi connectivity index (χ0v) is 16.9. The van der Waals surface area contributed by atoms with Crippen LogP contribution in [-0.2, 0) is 22.6 Å². The third kappa shape index (κ3) is 5.96. The molecule has 0 fully saturated rings. The quantitative estimate of drug-likeness (QED) is 0.729. The Morgan fingerprint density at radius 3 is 2.82 bits per heavy atom. The first-order valence-corrected chi connectivity index (χ1v) is 9.71. The van der Waals surface area contributed by atoms with Crippen molar-refractivity contribution in [2.24, 2.45) is 0 Å². The molecule has 1 heterocycles. The summed E-state index contributed by atoms with van der Waals surface area (Å²) in [6, 6.07) is 10.2. The highest BCUT2D eigenvalue weighted by atomic mass is 16.6. The third-order valence-electron chi connectivity index (χ3n) is 4.47. The minimum atomic E-state index is -0.489. The van der Waals surface area contributed by atoms with Gasteiger partial charge in [0.1, 0.15) is 5.60 Å². The smallest absolute Gasteiger partial charge is 0.407 e. The summed E-state index contributed by atoms with van der Waals surface area (Å²) in [7, 11) is 0. The molecule has 150 valence electrons. The molecule has 1 amide bonds. The first-order chi connectivity index (χ1) is 13.4. The van der Waals surface area contributed by atoms with E-state index in [4.69, 9.17) is 9.47 Å². The summed E-state index contributed by atoms with van der Waals surface area (Å²) in [4.78, 5) is 16.3. The van der Waals surface area contributed by atoms with Gasteiger partial charge in [-0.25, -0.2) is 9.78 Å². The SMILES string of the molecule is CC(C)(C)OC(=O)NC1CC=C(c2cncn2CCOCc2ccccc2)C1. The van der Waals surface area contributed by atoms with Gasteiger partial charge in [-0.05, 0) is 44.7 Å². The molecule has 2 aromatic rings. The Morgan fingerprint density at radius 1 is 1.29 bits per heavy atom. The van der Waals surface area contributed by atoms with Crippen molar-refractivity contribution in [3.8, 4) is 0 Å². The van der Waals surface area contributed by atoms with Gasteiger partial charge in [0.2, 0.25) is 0 Å². The van der Waals surface area contributed by atoms with Crippen LogP contribution in [0, 0.1) is 0 Å². The summed E-state index contributed by atoms with van der Waals surface area (Å²) >= 11 is 0. The van der Waals surface area contributed by atoms with Gasteiger partial charge in [0.15, 0.2) is 0 Å². The molecule has 6 heteroatoms. The molecular weight excluding hydrogens is 354 g/mol. The monoisotopic (exact) mass is 383 g/mol. The highest BCUT2D eigenvalue weighted by molar-refractivity contribution is 5.71. The molecule has 28 heavy (non-hydrogen) atoms. The number of carbonyl (C=O) groups excluding carboxylic acids is 1. The van der Waals surface area contributed by atoms with Crippen molar-refractivity contribution in [2.45, 2.75) is 58.4 Å². The van der Waals surface area contributed by atoms with Crippen LogP contribution in [-0.4, -0.2) is 33.9 Å². The number of hydrogen-bond acceptors (Lipinski definition) is 4. The topological polar surface area (TPSA) is 65.4 Å². The van der Waals surface area contributed by atoms with Gasteiger partial charge in [-0.15, -0.1) is 0 Å². The second-order valence-corrected chi connectivity index (χ2v) is 8.02. The third-order valence-corrected chi connectivity index (χ3v) is 4.47. The summed E-state index contributed by atoms with van der Waals surface area (Å²) in [5, 5.41) is 2.95. The molecular formula is C22H29N3O3. The lowest BCUT2D eigenvalue weighted by Crippen LogP contribution is -2.38. The van der Waals surface area contributed by atoms with Crippen molar-refractivity contribution in [2.75, 3.05) is 6.61 Å². The number of nitrogens with zero attached hydrogens (tertiary/aromatic N) is 2. The molecule has 0 saturated carbocycles. The van der Waals surface area contributed by atoms with Crippen LogP contribution < -0.4 is 5.32 Å². The molecule has 0 bridgehead atoms. The summed E-state index contributed by atoms with van der Waals surface area (Å²) < 4.78 is 13.2. The van der Waals surface area contributed by atoms with Crippen LogP contribution in [0.3, 0.4) is 0 Å². The lowest BCUT2D eigenvalue weighted by Gasteiger charge is -2.21. The lowest BCUT2D eigenvalue weighted by atomic mass is 10.1. The van der Waals surface area contributed by atoms with E-state index in [0.29, 0.717) is 13.2 Å². The van der Waals surface area contributed by atoms with Gasteiger partial charge in [-0.3, -0.25) is 0 Å². The number of amides is 1. The fourth-order valence-electron chi connectivity index (χ4n) is 3.20. The van der Waals surface area contributed by atoms with E-state index < -0.39 is 5.60 Å². The average Bonchev–Trinajstić information content (AvgIpc) is 3.27. The molecule has 1 atom stereocenters. The van der Waals surface area contributed by atoms with Gasteiger partial charge >= 0.3 is 6.09 Å². The standard InChI is InChI=1S/C22H29N3O3/c1-22(2,3)28-21(26)24-19-10-9-18(13-19)20-14-23-16-25(20)11-12-27-15-17-7-5-4-6-8-17/h4-9,14,16,19H,10-13,15H2,1-3H3,(H,24,26). The summed E-state index contributed by atoms with van der Waals surface area (Å²) in [6.07, 6.45) is 7.07. The van der Waals surface area contributed by atoms with Crippen LogP contribution in [0.2, 0.25) is 0 Å². The van der Waals surface area contributed by atoms with Crippen LogP contribution in [0.15, 0.2) is 48.9 Å². The zero-order valence-electron chi connectivity index (χ0n) is 16.9. The summed E-state index contributed by atoms with van der Waals surface area (Å²) in [5.74, 6) is 0. The van der Waals surface area contributed by atoms with Gasteiger partial charge in [-0.2, -0.15) is 0 Å². The number of imidazole rings is 1. The van der Waals surface area contributed by atoms with E-state index in [1.54, 1.807) is 0 Å². The van der Waals surface area contributed by atoms with E-state index in [1.807, 2.05) is 51.5 Å². The molecule has 0 aliphatic heterocycles. The number of benzene rings is 1. The first-order valence-electron chi connectivity index (χ1n) is 9.71. The van der Waals surface area contributed by atoms with Crippen molar-refractivity contribution in [3.05, 3.63) is 60.2 Å². The molecule has 1 N–H and O–H groups in total. The van der Waals surface area contributed by atoms with E-state index in [2.05, 4.69) is 33.1 Å². The van der Waals surface area contributed by atoms with Crippen molar-refractivity contribution >= 4 is 11.7 Å². The number of alkyl carbamates (subject to hydrolysis) is 1. The van der Waals surface area contributed by atoms with Gasteiger partial charge in [0.25, 0.3) is 0 Å². The van der Waals surface area contributed by atoms with Crippen molar-refractivity contribution < 1.29 is 14.3 Å². The zero-order chi connectivity index (χ0) is 20.0. The molecule has 0 spiro atoms. The predicted molar refractivity (Wildman–Crippen MR) is 109 cm³/mol. The summed E-state index contributed by atoms with van der Waals surface area (Å²) in [5.41, 5.74) is 2.96. The number of hydrogen-bond donors (Lipinski definition) is 1. The maximum Gasteiger partial charge on any atom is 0.407 e. The van der Waals surface area contributed by atoms with Gasteiger partial charge in [0, 0.05) is 12.6 Å². The second-order valence-electron chi connectivity index (χ2n) is 8.02. The second kappa shape index (κ2) is 9.06. The highest BCUT2D eigenvalue weighted by Crippen LogP contribution is 2.28. The van der Waals surface area contributed by atoms with Gasteiger partial charge in [0.05, 0.1) is 31.4 Å². The highest BCUT2D eigenvalue weighted by Gasteiger charge is 2.24. The van der Waals surface area contributed by atoms with Crippen molar-refractivity contribution in [3.63, 3.8) is 0 Å². The predicted octanol–water partition coefficient (Wildman–Crippen LogP) is 4.17. The molecule has 3 rings (SSSR count). The first kappa shape index (κ1) is 20.1. The lowest BCUT2D eigenvalue weighted by molar-refractivity contribution is 0.0507. The number of ether oxygens (including phenoxy) is 2. The van der Waals surface area contributed by atoms with Crippen LogP contribution in [0.1, 0.15) is 44.9 Å². The Balaban J connectivity index is 1.46. The molecule has 1 aromatic carbocycles. The van der Waals surface area contributed by atoms with E-state index in [9.17, 15) is 4.79 Å². The average molecular weight is 383 g/mol. The minimum absolute atomic E-state index is 0.0579. The fourth-order valence-corrected chi connectivity index (χ4v) is 3.20. The number of nitrogens with one attached hydrogen (secondary N) is 1. The van der Waals surface area contributed by atoms with Crippen molar-refractivity contribution in [1.29, 1.82) is 0 Å². The molecule has 0 radical (unpaired) electrons. The Labute approximate surface area is 166 Å². The van der Waals surface area contributed by atoms with E-state index >= 15 is 0 Å². The van der Waals surface area contributed by atoms with Crippen LogP contribution in [0.4, 0.5) is 4.79 Å². The van der Waals surface area contributed by atoms with E-state index in [0.717, 1.165) is 25.1 Å². The number of carbonyl (C=O) groups is 1. The van der Waals surface area contributed by atoms with E-state index in [-0.39, 0.29) is 12.1 Å². The van der Waals surface area contributed by atoms with Crippen LogP contribution in [0.5, 0.6) is 0 Å². The van der Waals surface area contributed by atoms with Gasteiger partial charge < -0.3 is 19.4 Å². The maximum absolute atomic E-state index is 12.0. The summed E-state index contributed by atoms with van der Waals surface area (Å²) in [6.45, 7) is 7.56. The molecule has 1 aliphatic carbocycles. The molecule has 6 nitrogen and oxygen atoms in total.